The Morgan fingerprint density at radius 1 is 1.67 bits per heavy atom. The Labute approximate surface area is 55.7 Å². The Kier molecular flexibility index (Phi) is 1.76. The average molecular weight is 147 g/mol. The number of hydrogen-bond acceptors (Lipinski definition) is 5. The van der Waals surface area contributed by atoms with Crippen LogP contribution in [0, 0.1) is 0 Å². The van der Waals surface area contributed by atoms with E-state index >= 15 is 0 Å². The van der Waals surface area contributed by atoms with Crippen molar-refractivity contribution >= 4 is 11.6 Å². The first kappa shape index (κ1) is 6.18. The Morgan fingerprint density at radius 2 is 2.44 bits per heavy atom. The fourth-order valence-corrected chi connectivity index (χ4v) is 0.452. The van der Waals surface area contributed by atoms with E-state index in [-0.39, 0.29) is 10.9 Å². The lowest BCUT2D eigenvalue weighted by atomic mass is 10.6. The van der Waals surface area contributed by atoms with E-state index in [1.807, 2.05) is 0 Å². The highest BCUT2D eigenvalue weighted by molar-refractivity contribution is 6.30. The van der Waals surface area contributed by atoms with Gasteiger partial charge in [-0.2, -0.15) is 5.90 Å². The maximum atomic E-state index is 5.41. The van der Waals surface area contributed by atoms with Crippen molar-refractivity contribution < 1.29 is 4.84 Å². The van der Waals surface area contributed by atoms with Gasteiger partial charge in [0.15, 0.2) is 5.15 Å². The first-order chi connectivity index (χ1) is 4.34. The van der Waals surface area contributed by atoms with Crippen LogP contribution in [-0.2, 0) is 0 Å². The molecule has 0 bridgehead atoms. The summed E-state index contributed by atoms with van der Waals surface area (Å²) in [5, 5.41) is 10.0. The quantitative estimate of drug-likeness (QED) is 0.555. The van der Waals surface area contributed by atoms with Gasteiger partial charge in [0.25, 0.3) is 0 Å². The molecule has 1 aromatic rings. The predicted octanol–water partition coefficient (Wildman–Crippen LogP) is -0.223. The fourth-order valence-electron chi connectivity index (χ4n) is 0.325. The molecular formula is C3H3ClN4O. The van der Waals surface area contributed by atoms with Crippen LogP contribution >= 0.6 is 11.6 Å². The summed E-state index contributed by atoms with van der Waals surface area (Å²) in [5.41, 5.74) is 0. The summed E-state index contributed by atoms with van der Waals surface area (Å²) in [6.07, 6.45) is 1.27. The number of hydrogen-bond donors (Lipinski definition) is 1. The molecule has 0 saturated carbocycles. The third-order valence-electron chi connectivity index (χ3n) is 0.689. The van der Waals surface area contributed by atoms with Crippen LogP contribution in [0.25, 0.3) is 0 Å². The van der Waals surface area contributed by atoms with Crippen molar-refractivity contribution in [3.05, 3.63) is 11.3 Å². The van der Waals surface area contributed by atoms with E-state index in [4.69, 9.17) is 17.5 Å². The molecule has 1 heterocycles. The number of rotatable bonds is 1. The zero-order valence-electron chi connectivity index (χ0n) is 4.28. The van der Waals surface area contributed by atoms with Crippen molar-refractivity contribution in [2.75, 3.05) is 0 Å². The third kappa shape index (κ3) is 1.24. The van der Waals surface area contributed by atoms with Gasteiger partial charge in [-0.05, 0) is 5.21 Å². The number of nitrogens with zero attached hydrogens (tertiary/aromatic N) is 3. The molecule has 48 valence electrons. The van der Waals surface area contributed by atoms with Crippen molar-refractivity contribution in [1.82, 2.24) is 15.4 Å². The Bertz CT molecular complexity index is 205. The van der Waals surface area contributed by atoms with Crippen molar-refractivity contribution in [2.45, 2.75) is 0 Å². The molecule has 0 aliphatic rings. The molecule has 0 amide bonds. The third-order valence-corrected chi connectivity index (χ3v) is 0.951. The fraction of sp³-hybridized carbons (Fsp3) is 0. The van der Waals surface area contributed by atoms with Gasteiger partial charge in [-0.25, -0.2) is 0 Å². The van der Waals surface area contributed by atoms with Gasteiger partial charge in [0.1, 0.15) is 0 Å². The minimum absolute atomic E-state index is 0.104. The highest BCUT2D eigenvalue weighted by Gasteiger charge is 1.99. The summed E-state index contributed by atoms with van der Waals surface area (Å²) < 4.78 is 0. The summed E-state index contributed by atoms with van der Waals surface area (Å²) in [5.74, 6) is 4.97. The highest BCUT2D eigenvalue weighted by atomic mass is 35.5. The summed E-state index contributed by atoms with van der Waals surface area (Å²) >= 11 is 5.41. The van der Waals surface area contributed by atoms with Crippen LogP contribution in [0.1, 0.15) is 0 Å². The lowest BCUT2D eigenvalue weighted by Crippen LogP contribution is -2.04. The van der Waals surface area contributed by atoms with Crippen LogP contribution in [-0.4, -0.2) is 15.4 Å². The standard InChI is InChI=1S/C3H3ClN4O/c4-3-2(9-5)1-6-8-7-3/h1H,5H2. The predicted molar refractivity (Wildman–Crippen MR) is 29.7 cm³/mol. The smallest absolute Gasteiger partial charge is 0.206 e. The maximum Gasteiger partial charge on any atom is 0.206 e. The Morgan fingerprint density at radius 3 is 2.89 bits per heavy atom. The molecule has 0 aromatic carbocycles. The molecule has 0 aliphatic carbocycles. The van der Waals surface area contributed by atoms with Gasteiger partial charge in [0, 0.05) is 0 Å². The van der Waals surface area contributed by atoms with Gasteiger partial charge in [-0.1, -0.05) is 11.6 Å². The molecule has 5 nitrogen and oxygen atoms in total. The number of aromatic nitrogens is 3. The van der Waals surface area contributed by atoms with Crippen molar-refractivity contribution in [3.63, 3.8) is 0 Å². The number of halogens is 1. The SMILES string of the molecule is NOc1cnnnc1Cl. The van der Waals surface area contributed by atoms with E-state index in [0.29, 0.717) is 0 Å². The van der Waals surface area contributed by atoms with Crippen LogP contribution in [0.3, 0.4) is 0 Å². The zero-order valence-corrected chi connectivity index (χ0v) is 5.04. The van der Waals surface area contributed by atoms with Crippen molar-refractivity contribution in [3.8, 4) is 5.75 Å². The molecule has 0 radical (unpaired) electrons. The van der Waals surface area contributed by atoms with E-state index in [2.05, 4.69) is 20.2 Å². The highest BCUT2D eigenvalue weighted by Crippen LogP contribution is 2.15. The molecule has 0 unspecified atom stereocenters. The topological polar surface area (TPSA) is 73.9 Å². The average Bonchev–Trinajstić information content (AvgIpc) is 1.89. The molecule has 1 aromatic heterocycles. The monoisotopic (exact) mass is 146 g/mol. The number of nitrogens with two attached hydrogens (primary N) is 1. The normalized spacial score (nSPS) is 9.11. The molecule has 9 heavy (non-hydrogen) atoms. The maximum absolute atomic E-state index is 5.41. The second-order valence-electron chi connectivity index (χ2n) is 1.21. The molecule has 0 spiro atoms. The first-order valence-corrected chi connectivity index (χ1v) is 2.43. The summed E-state index contributed by atoms with van der Waals surface area (Å²) in [7, 11) is 0. The van der Waals surface area contributed by atoms with Gasteiger partial charge in [-0.15, -0.1) is 10.2 Å². The Hall–Kier alpha value is -0.940. The molecular weight excluding hydrogens is 144 g/mol. The lowest BCUT2D eigenvalue weighted by Gasteiger charge is -1.94. The Balaban J connectivity index is 3.01. The second kappa shape index (κ2) is 2.56. The van der Waals surface area contributed by atoms with E-state index < -0.39 is 0 Å². The van der Waals surface area contributed by atoms with Crippen LogP contribution < -0.4 is 10.7 Å². The van der Waals surface area contributed by atoms with Crippen molar-refractivity contribution in [1.29, 1.82) is 0 Å². The molecule has 0 saturated heterocycles. The summed E-state index contributed by atoms with van der Waals surface area (Å²) in [6.45, 7) is 0. The minimum Gasteiger partial charge on any atom is -0.406 e. The summed E-state index contributed by atoms with van der Waals surface area (Å²) in [6, 6.07) is 0. The van der Waals surface area contributed by atoms with E-state index in [9.17, 15) is 0 Å². The van der Waals surface area contributed by atoms with Gasteiger partial charge in [-0.3, -0.25) is 0 Å². The minimum atomic E-state index is 0.104. The van der Waals surface area contributed by atoms with E-state index in [1.165, 1.54) is 6.20 Å². The van der Waals surface area contributed by atoms with Crippen LogP contribution in [0.4, 0.5) is 0 Å². The van der Waals surface area contributed by atoms with Crippen LogP contribution in [0.5, 0.6) is 5.75 Å². The molecule has 0 fully saturated rings. The first-order valence-electron chi connectivity index (χ1n) is 2.05. The van der Waals surface area contributed by atoms with E-state index in [1.54, 1.807) is 0 Å². The second-order valence-corrected chi connectivity index (χ2v) is 1.56. The molecule has 0 atom stereocenters. The van der Waals surface area contributed by atoms with Crippen LogP contribution in [0.2, 0.25) is 5.15 Å². The molecule has 6 heteroatoms. The van der Waals surface area contributed by atoms with Gasteiger partial charge in [0.2, 0.25) is 5.75 Å². The van der Waals surface area contributed by atoms with Crippen LogP contribution in [0.15, 0.2) is 6.20 Å². The lowest BCUT2D eigenvalue weighted by molar-refractivity contribution is 0.330. The van der Waals surface area contributed by atoms with Gasteiger partial charge < -0.3 is 4.84 Å². The summed E-state index contributed by atoms with van der Waals surface area (Å²) in [4.78, 5) is 4.25. The van der Waals surface area contributed by atoms with Gasteiger partial charge >= 0.3 is 0 Å². The molecule has 2 N–H and O–H groups in total. The van der Waals surface area contributed by atoms with E-state index in [0.717, 1.165) is 0 Å². The van der Waals surface area contributed by atoms with Gasteiger partial charge in [0.05, 0.1) is 6.20 Å². The zero-order chi connectivity index (χ0) is 6.69. The van der Waals surface area contributed by atoms with Crippen molar-refractivity contribution in [2.24, 2.45) is 5.90 Å². The largest absolute Gasteiger partial charge is 0.406 e. The molecule has 0 aliphatic heterocycles. The molecule has 1 rings (SSSR count).